The Balaban J connectivity index is 1.87. The summed E-state index contributed by atoms with van der Waals surface area (Å²) in [4.78, 5) is 12.1. The molecule has 3 heteroatoms. The summed E-state index contributed by atoms with van der Waals surface area (Å²) in [6, 6.07) is 9.51. The first kappa shape index (κ1) is 14.4. The molecule has 2 nitrogen and oxygen atoms in total. The zero-order valence-electron chi connectivity index (χ0n) is 11.5. The van der Waals surface area contributed by atoms with Crippen molar-refractivity contribution < 1.29 is 4.79 Å². The van der Waals surface area contributed by atoms with Crippen LogP contribution in [-0.4, -0.2) is 12.5 Å². The first-order chi connectivity index (χ1) is 9.11. The van der Waals surface area contributed by atoms with E-state index in [1.807, 2.05) is 30.3 Å². The second kappa shape index (κ2) is 6.42. The summed E-state index contributed by atoms with van der Waals surface area (Å²) < 4.78 is 0. The highest BCUT2D eigenvalue weighted by molar-refractivity contribution is 6.30. The summed E-state index contributed by atoms with van der Waals surface area (Å²) in [5.74, 6) is -0.0836. The Hall–Kier alpha value is -1.02. The number of hydrogen-bond acceptors (Lipinski definition) is 1. The van der Waals surface area contributed by atoms with Crippen LogP contribution in [0.15, 0.2) is 30.3 Å². The minimum absolute atomic E-state index is 0.0836. The SMILES string of the molecule is CC1(CNC(=O)C(Cl)c2ccccc2)CCCCC1. The lowest BCUT2D eigenvalue weighted by atomic mass is 9.76. The third kappa shape index (κ3) is 3.97. The quantitative estimate of drug-likeness (QED) is 0.828. The Kier molecular flexibility index (Phi) is 4.87. The standard InChI is InChI=1S/C16H22ClNO/c1-16(10-6-3-7-11-16)12-18-15(19)14(17)13-8-4-2-5-9-13/h2,4-5,8-9,14H,3,6-7,10-12H2,1H3,(H,18,19). The fraction of sp³-hybridized carbons (Fsp3) is 0.562. The smallest absolute Gasteiger partial charge is 0.242 e. The van der Waals surface area contributed by atoms with Gasteiger partial charge in [0.25, 0.3) is 0 Å². The molecule has 1 fully saturated rings. The average Bonchev–Trinajstić information content (AvgIpc) is 2.46. The van der Waals surface area contributed by atoms with Crippen LogP contribution in [0.3, 0.4) is 0 Å². The van der Waals surface area contributed by atoms with Gasteiger partial charge >= 0.3 is 0 Å². The van der Waals surface area contributed by atoms with E-state index in [1.165, 1.54) is 32.1 Å². The number of benzene rings is 1. The minimum Gasteiger partial charge on any atom is -0.354 e. The molecule has 1 aliphatic carbocycles. The molecule has 2 rings (SSSR count). The second-order valence-electron chi connectivity index (χ2n) is 5.86. The molecule has 104 valence electrons. The van der Waals surface area contributed by atoms with E-state index in [-0.39, 0.29) is 11.3 Å². The van der Waals surface area contributed by atoms with Crippen molar-refractivity contribution in [3.8, 4) is 0 Å². The van der Waals surface area contributed by atoms with Crippen LogP contribution in [0.4, 0.5) is 0 Å². The molecule has 0 aromatic heterocycles. The molecule has 1 amide bonds. The summed E-state index contributed by atoms with van der Waals surface area (Å²) in [6.45, 7) is 3.00. The van der Waals surface area contributed by atoms with Gasteiger partial charge in [-0.1, -0.05) is 56.5 Å². The van der Waals surface area contributed by atoms with Crippen molar-refractivity contribution in [3.63, 3.8) is 0 Å². The number of halogens is 1. The van der Waals surface area contributed by atoms with Crippen LogP contribution in [0.1, 0.15) is 50.0 Å². The van der Waals surface area contributed by atoms with E-state index in [0.717, 1.165) is 12.1 Å². The molecule has 1 atom stereocenters. The Labute approximate surface area is 120 Å². The van der Waals surface area contributed by atoms with Gasteiger partial charge < -0.3 is 5.32 Å². The largest absolute Gasteiger partial charge is 0.354 e. The predicted octanol–water partition coefficient (Wildman–Crippen LogP) is 4.05. The van der Waals surface area contributed by atoms with Crippen LogP contribution >= 0.6 is 11.6 Å². The van der Waals surface area contributed by atoms with E-state index < -0.39 is 5.38 Å². The third-order valence-electron chi connectivity index (χ3n) is 4.07. The molecule has 1 unspecified atom stereocenters. The van der Waals surface area contributed by atoms with Crippen LogP contribution in [-0.2, 0) is 4.79 Å². The van der Waals surface area contributed by atoms with E-state index in [4.69, 9.17) is 11.6 Å². The fourth-order valence-corrected chi connectivity index (χ4v) is 2.97. The Morgan fingerprint density at radius 1 is 1.26 bits per heavy atom. The first-order valence-electron chi connectivity index (χ1n) is 7.07. The van der Waals surface area contributed by atoms with Crippen LogP contribution in [0.2, 0.25) is 0 Å². The molecular weight excluding hydrogens is 258 g/mol. The molecular formula is C16H22ClNO. The number of carbonyl (C=O) groups excluding carboxylic acids is 1. The van der Waals surface area contributed by atoms with Gasteiger partial charge in [-0.25, -0.2) is 0 Å². The van der Waals surface area contributed by atoms with Crippen molar-refractivity contribution in [1.29, 1.82) is 0 Å². The van der Waals surface area contributed by atoms with Crippen molar-refractivity contribution >= 4 is 17.5 Å². The highest BCUT2D eigenvalue weighted by Gasteiger charge is 2.28. The second-order valence-corrected chi connectivity index (χ2v) is 6.30. The van der Waals surface area contributed by atoms with E-state index >= 15 is 0 Å². The fourth-order valence-electron chi connectivity index (χ4n) is 2.75. The van der Waals surface area contributed by atoms with Gasteiger partial charge in [-0.3, -0.25) is 4.79 Å². The van der Waals surface area contributed by atoms with E-state index in [1.54, 1.807) is 0 Å². The molecule has 1 saturated carbocycles. The van der Waals surface area contributed by atoms with Gasteiger partial charge in [0.15, 0.2) is 0 Å². The van der Waals surface area contributed by atoms with Crippen molar-refractivity contribution in [3.05, 3.63) is 35.9 Å². The molecule has 0 aliphatic heterocycles. The maximum absolute atomic E-state index is 12.1. The number of hydrogen-bond donors (Lipinski definition) is 1. The van der Waals surface area contributed by atoms with Gasteiger partial charge in [0.05, 0.1) is 0 Å². The zero-order chi connectivity index (χ0) is 13.7. The van der Waals surface area contributed by atoms with E-state index in [2.05, 4.69) is 12.2 Å². The number of rotatable bonds is 4. The van der Waals surface area contributed by atoms with Gasteiger partial charge in [0.2, 0.25) is 5.91 Å². The van der Waals surface area contributed by atoms with Crippen molar-refractivity contribution in [2.45, 2.75) is 44.4 Å². The van der Waals surface area contributed by atoms with Gasteiger partial charge in [-0.05, 0) is 23.8 Å². The summed E-state index contributed by atoms with van der Waals surface area (Å²) in [5, 5.41) is 2.43. The van der Waals surface area contributed by atoms with Crippen molar-refractivity contribution in [2.24, 2.45) is 5.41 Å². The monoisotopic (exact) mass is 279 g/mol. The molecule has 1 aromatic carbocycles. The normalized spacial score (nSPS) is 19.7. The summed E-state index contributed by atoms with van der Waals surface area (Å²) in [6.07, 6.45) is 6.27. The Bertz CT molecular complexity index is 412. The lowest BCUT2D eigenvalue weighted by Crippen LogP contribution is -2.38. The van der Waals surface area contributed by atoms with E-state index in [0.29, 0.717) is 0 Å². The lowest BCUT2D eigenvalue weighted by molar-refractivity contribution is -0.121. The highest BCUT2D eigenvalue weighted by Crippen LogP contribution is 2.35. The molecule has 1 N–H and O–H groups in total. The van der Waals surface area contributed by atoms with Crippen molar-refractivity contribution in [1.82, 2.24) is 5.32 Å². The summed E-state index contributed by atoms with van der Waals surface area (Å²) >= 11 is 6.21. The van der Waals surface area contributed by atoms with Crippen LogP contribution in [0, 0.1) is 5.41 Å². The third-order valence-corrected chi connectivity index (χ3v) is 4.52. The van der Waals surface area contributed by atoms with Gasteiger partial charge in [-0.2, -0.15) is 0 Å². The van der Waals surface area contributed by atoms with Crippen LogP contribution in [0.5, 0.6) is 0 Å². The minimum atomic E-state index is -0.589. The number of alkyl halides is 1. The van der Waals surface area contributed by atoms with Crippen molar-refractivity contribution in [2.75, 3.05) is 6.54 Å². The summed E-state index contributed by atoms with van der Waals surface area (Å²) in [7, 11) is 0. The Morgan fingerprint density at radius 2 is 1.89 bits per heavy atom. The van der Waals surface area contributed by atoms with Gasteiger partial charge in [-0.15, -0.1) is 11.6 Å². The number of nitrogens with one attached hydrogen (secondary N) is 1. The molecule has 1 aromatic rings. The molecule has 0 heterocycles. The maximum Gasteiger partial charge on any atom is 0.242 e. The molecule has 19 heavy (non-hydrogen) atoms. The van der Waals surface area contributed by atoms with Crippen LogP contribution in [0.25, 0.3) is 0 Å². The first-order valence-corrected chi connectivity index (χ1v) is 7.51. The molecule has 1 aliphatic rings. The topological polar surface area (TPSA) is 29.1 Å². The van der Waals surface area contributed by atoms with E-state index in [9.17, 15) is 4.79 Å². The molecule has 0 spiro atoms. The molecule has 0 saturated heterocycles. The van der Waals surface area contributed by atoms with Gasteiger partial charge in [0.1, 0.15) is 5.38 Å². The van der Waals surface area contributed by atoms with Crippen LogP contribution < -0.4 is 5.32 Å². The predicted molar refractivity (Wildman–Crippen MR) is 79.2 cm³/mol. The zero-order valence-corrected chi connectivity index (χ0v) is 12.2. The van der Waals surface area contributed by atoms with Gasteiger partial charge in [0, 0.05) is 6.54 Å². The molecule has 0 radical (unpaired) electrons. The lowest BCUT2D eigenvalue weighted by Gasteiger charge is -2.33. The summed E-state index contributed by atoms with van der Waals surface area (Å²) in [5.41, 5.74) is 1.11. The Morgan fingerprint density at radius 3 is 2.53 bits per heavy atom. The molecule has 0 bridgehead atoms. The number of carbonyl (C=O) groups is 1. The maximum atomic E-state index is 12.1. The average molecular weight is 280 g/mol. The highest BCUT2D eigenvalue weighted by atomic mass is 35.5. The number of amides is 1.